The number of nitrogens with one attached hydrogen (secondary N) is 2. The van der Waals surface area contributed by atoms with E-state index in [1.165, 1.54) is 6.07 Å². The molecule has 9 heteroatoms. The van der Waals surface area contributed by atoms with Crippen LogP contribution in [0.1, 0.15) is 17.2 Å². The molecular weight excluding hydrogens is 357 g/mol. The van der Waals surface area contributed by atoms with Crippen LogP contribution in [0.25, 0.3) is 0 Å². The van der Waals surface area contributed by atoms with Gasteiger partial charge in [0.1, 0.15) is 0 Å². The lowest BCUT2D eigenvalue weighted by molar-refractivity contribution is -0.137. The van der Waals surface area contributed by atoms with Gasteiger partial charge in [-0.15, -0.1) is 0 Å². The van der Waals surface area contributed by atoms with Gasteiger partial charge in [-0.2, -0.15) is 13.2 Å². The van der Waals surface area contributed by atoms with Gasteiger partial charge in [0.15, 0.2) is 9.84 Å². The van der Waals surface area contributed by atoms with Crippen LogP contribution in [0.2, 0.25) is 0 Å². The number of urea groups is 1. The van der Waals surface area contributed by atoms with Crippen molar-refractivity contribution in [1.29, 1.82) is 0 Å². The molecule has 0 saturated heterocycles. The van der Waals surface area contributed by atoms with E-state index < -0.39 is 33.6 Å². The summed E-state index contributed by atoms with van der Waals surface area (Å²) in [4.78, 5) is 12.2. The fourth-order valence-corrected chi connectivity index (χ4v) is 4.37. The molecule has 1 atom stereocenters. The predicted molar refractivity (Wildman–Crippen MR) is 84.8 cm³/mol. The average molecular weight is 370 g/mol. The minimum absolute atomic E-state index is 0.166. The van der Waals surface area contributed by atoms with Gasteiger partial charge < -0.3 is 10.6 Å². The van der Waals surface area contributed by atoms with Crippen molar-refractivity contribution >= 4 is 21.6 Å². The summed E-state index contributed by atoms with van der Waals surface area (Å²) in [6.45, 7) is 0. The number of alkyl halides is 3. The Morgan fingerprint density at radius 1 is 1.04 bits per heavy atom. The summed E-state index contributed by atoms with van der Waals surface area (Å²) < 4.78 is 61.6. The van der Waals surface area contributed by atoms with E-state index in [-0.39, 0.29) is 16.3 Å². The highest BCUT2D eigenvalue weighted by Crippen LogP contribution is 2.33. The third-order valence-electron chi connectivity index (χ3n) is 3.79. The number of hydrogen-bond acceptors (Lipinski definition) is 3. The highest BCUT2D eigenvalue weighted by molar-refractivity contribution is 7.91. The van der Waals surface area contributed by atoms with Crippen molar-refractivity contribution < 1.29 is 26.4 Å². The molecular formula is C16H13F3N2O3S. The molecule has 0 aromatic heterocycles. The Labute approximate surface area is 141 Å². The largest absolute Gasteiger partial charge is 0.416 e. The zero-order valence-electron chi connectivity index (χ0n) is 12.7. The van der Waals surface area contributed by atoms with Gasteiger partial charge in [0, 0.05) is 5.69 Å². The van der Waals surface area contributed by atoms with E-state index in [2.05, 4.69) is 10.6 Å². The number of hydrogen-bond donors (Lipinski definition) is 2. The van der Waals surface area contributed by atoms with Gasteiger partial charge >= 0.3 is 12.2 Å². The highest BCUT2D eigenvalue weighted by Gasteiger charge is 2.35. The lowest BCUT2D eigenvalue weighted by atomic mass is 10.1. The van der Waals surface area contributed by atoms with Gasteiger partial charge in [-0.05, 0) is 35.9 Å². The van der Waals surface area contributed by atoms with Gasteiger partial charge in [-0.1, -0.05) is 18.2 Å². The maximum absolute atomic E-state index is 12.5. The predicted octanol–water partition coefficient (Wildman–Crippen LogP) is 3.36. The van der Waals surface area contributed by atoms with E-state index in [1.807, 2.05) is 0 Å². The maximum atomic E-state index is 12.5. The molecule has 0 bridgehead atoms. The van der Waals surface area contributed by atoms with E-state index in [4.69, 9.17) is 0 Å². The molecule has 0 aliphatic carbocycles. The van der Waals surface area contributed by atoms with Crippen LogP contribution in [0.15, 0.2) is 53.4 Å². The van der Waals surface area contributed by atoms with Crippen molar-refractivity contribution in [2.75, 3.05) is 11.1 Å². The fourth-order valence-electron chi connectivity index (χ4n) is 2.64. The molecule has 2 amide bonds. The molecule has 3 rings (SSSR count). The van der Waals surface area contributed by atoms with Crippen molar-refractivity contribution in [3.63, 3.8) is 0 Å². The Morgan fingerprint density at radius 3 is 2.32 bits per heavy atom. The standard InChI is InChI=1S/C16H13F3N2O3S/c17-16(18,19)10-5-7-11(8-6-10)20-15(22)21-13-9-25(23,24)14-4-2-1-3-12(13)14/h1-8,13H,9H2,(H2,20,21,22)/t13-/m0/s1. The zero-order chi connectivity index (χ0) is 18.2. The average Bonchev–Trinajstić information content (AvgIpc) is 2.78. The Kier molecular flexibility index (Phi) is 4.19. The number of amides is 2. The summed E-state index contributed by atoms with van der Waals surface area (Å²) in [7, 11) is -3.46. The van der Waals surface area contributed by atoms with E-state index in [0.717, 1.165) is 24.3 Å². The smallest absolute Gasteiger partial charge is 0.330 e. The molecule has 0 fully saturated rings. The van der Waals surface area contributed by atoms with Gasteiger partial charge in [-0.25, -0.2) is 13.2 Å². The number of sulfone groups is 1. The van der Waals surface area contributed by atoms with E-state index in [0.29, 0.717) is 5.56 Å². The van der Waals surface area contributed by atoms with Crippen LogP contribution in [-0.2, 0) is 16.0 Å². The Morgan fingerprint density at radius 2 is 1.68 bits per heavy atom. The van der Waals surface area contributed by atoms with Gasteiger partial charge in [0.25, 0.3) is 0 Å². The molecule has 1 aliphatic heterocycles. The monoisotopic (exact) mass is 370 g/mol. The van der Waals surface area contributed by atoms with Crippen LogP contribution in [0.4, 0.5) is 23.7 Å². The number of benzene rings is 2. The summed E-state index contributed by atoms with van der Waals surface area (Å²) in [6, 6.07) is 8.90. The highest BCUT2D eigenvalue weighted by atomic mass is 32.2. The van der Waals surface area contributed by atoms with Gasteiger partial charge in [-0.3, -0.25) is 0 Å². The maximum Gasteiger partial charge on any atom is 0.416 e. The number of rotatable bonds is 2. The minimum Gasteiger partial charge on any atom is -0.330 e. The van der Waals surface area contributed by atoms with Crippen LogP contribution in [-0.4, -0.2) is 20.2 Å². The fraction of sp³-hybridized carbons (Fsp3) is 0.188. The van der Waals surface area contributed by atoms with E-state index in [1.54, 1.807) is 18.2 Å². The van der Waals surface area contributed by atoms with Crippen LogP contribution >= 0.6 is 0 Å². The molecule has 1 aliphatic rings. The third kappa shape index (κ3) is 3.60. The Hall–Kier alpha value is -2.55. The molecule has 0 unspecified atom stereocenters. The van der Waals surface area contributed by atoms with Crippen molar-refractivity contribution in [2.24, 2.45) is 0 Å². The lowest BCUT2D eigenvalue weighted by Crippen LogP contribution is -2.33. The van der Waals surface area contributed by atoms with E-state index >= 15 is 0 Å². The number of carbonyl (C=O) groups is 1. The first-order valence-corrected chi connectivity index (χ1v) is 8.88. The molecule has 0 spiro atoms. The molecule has 5 nitrogen and oxygen atoms in total. The van der Waals surface area contributed by atoms with Crippen molar-refractivity contribution in [3.8, 4) is 0 Å². The number of fused-ring (bicyclic) bond motifs is 1. The molecule has 2 N–H and O–H groups in total. The molecule has 0 radical (unpaired) electrons. The van der Waals surface area contributed by atoms with Gasteiger partial charge in [0.05, 0.1) is 22.3 Å². The second-order valence-corrected chi connectivity index (χ2v) is 7.55. The number of halogens is 3. The van der Waals surface area contributed by atoms with Crippen LogP contribution in [0.3, 0.4) is 0 Å². The molecule has 25 heavy (non-hydrogen) atoms. The van der Waals surface area contributed by atoms with Crippen molar-refractivity contribution in [3.05, 3.63) is 59.7 Å². The van der Waals surface area contributed by atoms with Crippen LogP contribution in [0.5, 0.6) is 0 Å². The Bertz CT molecular complexity index is 909. The SMILES string of the molecule is O=C(Nc1ccc(C(F)(F)F)cc1)N[C@H]1CS(=O)(=O)c2ccccc21. The quantitative estimate of drug-likeness (QED) is 0.851. The summed E-state index contributed by atoms with van der Waals surface area (Å²) >= 11 is 0. The molecule has 1 heterocycles. The summed E-state index contributed by atoms with van der Waals surface area (Å²) in [5, 5.41) is 4.93. The van der Waals surface area contributed by atoms with Crippen LogP contribution in [0, 0.1) is 0 Å². The molecule has 132 valence electrons. The molecule has 2 aromatic rings. The molecule has 0 saturated carbocycles. The zero-order valence-corrected chi connectivity index (χ0v) is 13.5. The number of anilines is 1. The Balaban J connectivity index is 1.70. The summed E-state index contributed by atoms with van der Waals surface area (Å²) in [5.41, 5.74) is -0.168. The van der Waals surface area contributed by atoms with Gasteiger partial charge in [0.2, 0.25) is 0 Å². The van der Waals surface area contributed by atoms with Crippen molar-refractivity contribution in [1.82, 2.24) is 5.32 Å². The van der Waals surface area contributed by atoms with Crippen LogP contribution < -0.4 is 10.6 Å². The third-order valence-corrected chi connectivity index (χ3v) is 5.61. The second kappa shape index (κ2) is 6.07. The summed E-state index contributed by atoms with van der Waals surface area (Å²) in [6.07, 6.45) is -4.46. The van der Waals surface area contributed by atoms with E-state index in [9.17, 15) is 26.4 Å². The lowest BCUT2D eigenvalue weighted by Gasteiger charge is -2.14. The first kappa shape index (κ1) is 17.3. The second-order valence-electron chi connectivity index (χ2n) is 5.55. The topological polar surface area (TPSA) is 75.3 Å². The normalized spacial score (nSPS) is 18.4. The van der Waals surface area contributed by atoms with Crippen molar-refractivity contribution in [2.45, 2.75) is 17.1 Å². The summed E-state index contributed by atoms with van der Waals surface area (Å²) in [5.74, 6) is -0.257. The number of carbonyl (C=O) groups excluding carboxylic acids is 1. The minimum atomic E-state index is -4.46. The first-order chi connectivity index (χ1) is 11.7. The first-order valence-electron chi connectivity index (χ1n) is 7.23. The molecule has 2 aromatic carbocycles.